The van der Waals surface area contributed by atoms with E-state index in [9.17, 15) is 9.18 Å². The molecule has 90 valence electrons. The van der Waals surface area contributed by atoms with Crippen molar-refractivity contribution in [2.45, 2.75) is 12.3 Å². The van der Waals surface area contributed by atoms with Crippen LogP contribution in [0.4, 0.5) is 10.1 Å². The van der Waals surface area contributed by atoms with Gasteiger partial charge in [0, 0.05) is 19.3 Å². The second-order valence-corrected chi connectivity index (χ2v) is 4.81. The Bertz CT molecular complexity index is 474. The molecule has 2 aliphatic rings. The molecule has 1 saturated heterocycles. The molecule has 0 radical (unpaired) electrons. The van der Waals surface area contributed by atoms with Crippen LogP contribution in [0, 0.1) is 11.7 Å². The summed E-state index contributed by atoms with van der Waals surface area (Å²) >= 11 is 0. The number of carbonyl (C=O) groups is 1. The van der Waals surface area contributed by atoms with E-state index in [1.165, 1.54) is 12.1 Å². The standard InChI is InChI=1S/C13H15FN2O/c1-16-12-6-8(14)2-3-10(12)9-4-5-15-7-11(9)13(16)17/h2-3,6,9,11,15H,4-5,7H2,1H3. The van der Waals surface area contributed by atoms with E-state index in [1.54, 1.807) is 11.9 Å². The first-order valence-electron chi connectivity index (χ1n) is 5.96. The summed E-state index contributed by atoms with van der Waals surface area (Å²) in [5.74, 6) is 0.0679. The SMILES string of the molecule is CN1C(=O)C2CNCCC2c2ccc(F)cc21. The number of carbonyl (C=O) groups excluding carboxylic acids is 1. The van der Waals surface area contributed by atoms with Crippen LogP contribution < -0.4 is 10.2 Å². The van der Waals surface area contributed by atoms with Crippen LogP contribution in [0.1, 0.15) is 17.9 Å². The fraction of sp³-hybridized carbons (Fsp3) is 0.462. The van der Waals surface area contributed by atoms with E-state index in [0.29, 0.717) is 0 Å². The molecule has 0 aromatic heterocycles. The molecule has 1 aromatic rings. The van der Waals surface area contributed by atoms with Crippen LogP contribution in [0.5, 0.6) is 0 Å². The van der Waals surface area contributed by atoms with E-state index in [4.69, 9.17) is 0 Å². The predicted molar refractivity (Wildman–Crippen MR) is 63.5 cm³/mol. The van der Waals surface area contributed by atoms with E-state index in [-0.39, 0.29) is 23.6 Å². The topological polar surface area (TPSA) is 32.3 Å². The highest BCUT2D eigenvalue weighted by atomic mass is 19.1. The van der Waals surface area contributed by atoms with Crippen LogP contribution in [-0.2, 0) is 4.79 Å². The van der Waals surface area contributed by atoms with Gasteiger partial charge in [0.25, 0.3) is 0 Å². The third-order valence-corrected chi connectivity index (χ3v) is 3.88. The average molecular weight is 234 g/mol. The van der Waals surface area contributed by atoms with E-state index in [2.05, 4.69) is 5.32 Å². The Labute approximate surface area is 99.6 Å². The molecule has 3 rings (SSSR count). The molecule has 17 heavy (non-hydrogen) atoms. The second-order valence-electron chi connectivity index (χ2n) is 4.81. The normalized spacial score (nSPS) is 27.6. The third kappa shape index (κ3) is 1.55. The van der Waals surface area contributed by atoms with Crippen molar-refractivity contribution in [3.05, 3.63) is 29.6 Å². The van der Waals surface area contributed by atoms with Crippen LogP contribution in [-0.4, -0.2) is 26.0 Å². The molecule has 2 atom stereocenters. The van der Waals surface area contributed by atoms with Crippen molar-refractivity contribution >= 4 is 11.6 Å². The summed E-state index contributed by atoms with van der Waals surface area (Å²) in [6.07, 6.45) is 0.947. The largest absolute Gasteiger partial charge is 0.316 e. The third-order valence-electron chi connectivity index (χ3n) is 3.88. The van der Waals surface area contributed by atoms with Crippen molar-refractivity contribution in [2.24, 2.45) is 5.92 Å². The van der Waals surface area contributed by atoms with Gasteiger partial charge in [0.1, 0.15) is 5.82 Å². The Morgan fingerprint density at radius 1 is 1.41 bits per heavy atom. The van der Waals surface area contributed by atoms with Gasteiger partial charge in [-0.2, -0.15) is 0 Å². The molecule has 0 spiro atoms. The van der Waals surface area contributed by atoms with Crippen molar-refractivity contribution in [3.8, 4) is 0 Å². The molecule has 0 saturated carbocycles. The quantitative estimate of drug-likeness (QED) is 0.737. The van der Waals surface area contributed by atoms with Crippen molar-refractivity contribution in [3.63, 3.8) is 0 Å². The molecule has 4 heteroatoms. The zero-order valence-corrected chi connectivity index (χ0v) is 9.74. The number of anilines is 1. The molecule has 1 fully saturated rings. The highest BCUT2D eigenvalue weighted by molar-refractivity contribution is 5.98. The van der Waals surface area contributed by atoms with Gasteiger partial charge in [-0.25, -0.2) is 4.39 Å². The summed E-state index contributed by atoms with van der Waals surface area (Å²) in [5, 5.41) is 3.26. The first-order chi connectivity index (χ1) is 8.18. The van der Waals surface area contributed by atoms with E-state index >= 15 is 0 Å². The minimum Gasteiger partial charge on any atom is -0.316 e. The second kappa shape index (κ2) is 3.81. The Hall–Kier alpha value is -1.42. The molecule has 2 aliphatic heterocycles. The Kier molecular flexibility index (Phi) is 2.40. The maximum absolute atomic E-state index is 13.3. The molecule has 2 unspecified atom stereocenters. The number of amides is 1. The van der Waals surface area contributed by atoms with Crippen molar-refractivity contribution in [2.75, 3.05) is 25.0 Å². The van der Waals surface area contributed by atoms with Crippen LogP contribution in [0.25, 0.3) is 0 Å². The van der Waals surface area contributed by atoms with Gasteiger partial charge in [-0.3, -0.25) is 4.79 Å². The summed E-state index contributed by atoms with van der Waals surface area (Å²) in [6.45, 7) is 1.65. The van der Waals surface area contributed by atoms with Crippen LogP contribution in [0.15, 0.2) is 18.2 Å². The van der Waals surface area contributed by atoms with Gasteiger partial charge in [-0.05, 0) is 36.6 Å². The van der Waals surface area contributed by atoms with E-state index in [1.807, 2.05) is 6.07 Å². The number of hydrogen-bond acceptors (Lipinski definition) is 2. The Balaban J connectivity index is 2.12. The molecule has 1 aromatic carbocycles. The summed E-state index contributed by atoms with van der Waals surface area (Å²) < 4.78 is 13.3. The summed E-state index contributed by atoms with van der Waals surface area (Å²) in [7, 11) is 1.73. The van der Waals surface area contributed by atoms with Gasteiger partial charge in [-0.15, -0.1) is 0 Å². The number of benzene rings is 1. The Morgan fingerprint density at radius 2 is 2.24 bits per heavy atom. The molecule has 2 heterocycles. The number of rotatable bonds is 0. The molecule has 0 bridgehead atoms. The van der Waals surface area contributed by atoms with Crippen molar-refractivity contribution < 1.29 is 9.18 Å². The van der Waals surface area contributed by atoms with E-state index in [0.717, 1.165) is 30.8 Å². The maximum Gasteiger partial charge on any atom is 0.231 e. The van der Waals surface area contributed by atoms with E-state index < -0.39 is 0 Å². The number of piperidine rings is 1. The first kappa shape index (κ1) is 10.7. The average Bonchev–Trinajstić information content (AvgIpc) is 2.36. The molecular formula is C13H15FN2O. The van der Waals surface area contributed by atoms with Gasteiger partial charge in [0.2, 0.25) is 5.91 Å². The highest BCUT2D eigenvalue weighted by Gasteiger charge is 2.40. The number of fused-ring (bicyclic) bond motifs is 3. The van der Waals surface area contributed by atoms with Gasteiger partial charge in [0.05, 0.1) is 5.92 Å². The number of hydrogen-bond donors (Lipinski definition) is 1. The Morgan fingerprint density at radius 3 is 3.06 bits per heavy atom. The van der Waals surface area contributed by atoms with Gasteiger partial charge in [-0.1, -0.05) is 6.07 Å². The monoisotopic (exact) mass is 234 g/mol. The van der Waals surface area contributed by atoms with Crippen LogP contribution >= 0.6 is 0 Å². The lowest BCUT2D eigenvalue weighted by Gasteiger charge is -2.40. The fourth-order valence-electron chi connectivity index (χ4n) is 2.98. The fourth-order valence-corrected chi connectivity index (χ4v) is 2.98. The van der Waals surface area contributed by atoms with Gasteiger partial charge >= 0.3 is 0 Å². The number of nitrogens with one attached hydrogen (secondary N) is 1. The summed E-state index contributed by atoms with van der Waals surface area (Å²) in [6, 6.07) is 4.78. The molecule has 3 nitrogen and oxygen atoms in total. The zero-order valence-electron chi connectivity index (χ0n) is 9.74. The van der Waals surface area contributed by atoms with Gasteiger partial charge in [0.15, 0.2) is 0 Å². The van der Waals surface area contributed by atoms with Crippen LogP contribution in [0.2, 0.25) is 0 Å². The lowest BCUT2D eigenvalue weighted by atomic mass is 9.77. The molecule has 0 aliphatic carbocycles. The lowest BCUT2D eigenvalue weighted by Crippen LogP contribution is -2.48. The smallest absolute Gasteiger partial charge is 0.231 e. The molecule has 1 amide bonds. The number of nitrogens with zero attached hydrogens (tertiary/aromatic N) is 1. The summed E-state index contributed by atoms with van der Waals surface area (Å²) in [5.41, 5.74) is 1.85. The maximum atomic E-state index is 13.3. The van der Waals surface area contributed by atoms with Gasteiger partial charge < -0.3 is 10.2 Å². The highest BCUT2D eigenvalue weighted by Crippen LogP contribution is 2.41. The zero-order chi connectivity index (χ0) is 12.0. The molecule has 1 N–H and O–H groups in total. The predicted octanol–water partition coefficient (Wildman–Crippen LogP) is 1.50. The molecular weight excluding hydrogens is 219 g/mol. The number of halogens is 1. The van der Waals surface area contributed by atoms with Crippen molar-refractivity contribution in [1.82, 2.24) is 5.32 Å². The summed E-state index contributed by atoms with van der Waals surface area (Å²) in [4.78, 5) is 13.8. The first-order valence-corrected chi connectivity index (χ1v) is 5.96. The lowest BCUT2D eigenvalue weighted by molar-refractivity contribution is -0.123. The minimum absolute atomic E-state index is 0.00621. The minimum atomic E-state index is -0.282. The van der Waals surface area contributed by atoms with Crippen molar-refractivity contribution in [1.29, 1.82) is 0 Å². The van der Waals surface area contributed by atoms with Crippen LogP contribution in [0.3, 0.4) is 0 Å².